The van der Waals surface area contributed by atoms with Gasteiger partial charge in [-0.1, -0.05) is 12.1 Å². The fourth-order valence-electron chi connectivity index (χ4n) is 3.23. The highest BCUT2D eigenvalue weighted by Crippen LogP contribution is 2.27. The predicted molar refractivity (Wildman–Crippen MR) is 78.5 cm³/mol. The Labute approximate surface area is 123 Å². The molecule has 0 spiro atoms. The van der Waals surface area contributed by atoms with Crippen LogP contribution in [0.15, 0.2) is 24.3 Å². The zero-order valence-corrected chi connectivity index (χ0v) is 11.7. The molecule has 4 rings (SSSR count). The van der Waals surface area contributed by atoms with Crippen molar-refractivity contribution in [2.45, 2.75) is 18.9 Å². The Hall–Kier alpha value is -2.08. The molecule has 1 aromatic carbocycles. The summed E-state index contributed by atoms with van der Waals surface area (Å²) < 4.78 is 0. The Balaban J connectivity index is 1.63. The van der Waals surface area contributed by atoms with E-state index in [4.69, 9.17) is 5.11 Å². The number of carbonyl (C=O) groups is 2. The lowest BCUT2D eigenvalue weighted by molar-refractivity contribution is 0.0698. The van der Waals surface area contributed by atoms with E-state index in [0.717, 1.165) is 32.5 Å². The summed E-state index contributed by atoms with van der Waals surface area (Å²) in [6.45, 7) is 3.12. The van der Waals surface area contributed by atoms with Gasteiger partial charge < -0.3 is 20.6 Å². The monoisotopic (exact) mass is 289 g/mol. The van der Waals surface area contributed by atoms with Gasteiger partial charge in [0.2, 0.25) is 0 Å². The Morgan fingerprint density at radius 2 is 1.90 bits per heavy atom. The van der Waals surface area contributed by atoms with E-state index >= 15 is 0 Å². The second kappa shape index (κ2) is 5.73. The van der Waals surface area contributed by atoms with Gasteiger partial charge in [-0.2, -0.15) is 0 Å². The van der Waals surface area contributed by atoms with Gasteiger partial charge in [0.25, 0.3) is 0 Å². The zero-order valence-electron chi connectivity index (χ0n) is 11.7. The van der Waals surface area contributed by atoms with Gasteiger partial charge >= 0.3 is 12.0 Å². The molecule has 6 nitrogen and oxygen atoms in total. The van der Waals surface area contributed by atoms with Crippen LogP contribution in [0.25, 0.3) is 0 Å². The first-order valence-corrected chi connectivity index (χ1v) is 7.25. The van der Waals surface area contributed by atoms with Gasteiger partial charge in [0.05, 0.1) is 11.3 Å². The van der Waals surface area contributed by atoms with Crippen LogP contribution in [-0.2, 0) is 0 Å². The van der Waals surface area contributed by atoms with Gasteiger partial charge in [-0.05, 0) is 44.0 Å². The van der Waals surface area contributed by atoms with E-state index in [1.807, 2.05) is 0 Å². The van der Waals surface area contributed by atoms with E-state index in [1.165, 1.54) is 6.07 Å². The molecule has 3 heterocycles. The van der Waals surface area contributed by atoms with Crippen molar-refractivity contribution in [1.29, 1.82) is 0 Å². The van der Waals surface area contributed by atoms with Crippen LogP contribution in [0.1, 0.15) is 23.2 Å². The van der Waals surface area contributed by atoms with Crippen LogP contribution in [0.4, 0.5) is 10.5 Å². The molecule has 3 saturated heterocycles. The number of carbonyl (C=O) groups excluding carboxylic acids is 1. The van der Waals surface area contributed by atoms with Crippen molar-refractivity contribution >= 4 is 17.7 Å². The number of carboxylic acid groups (broad SMARTS) is 1. The first-order valence-electron chi connectivity index (χ1n) is 7.25. The number of aromatic carboxylic acids is 1. The second-order valence-corrected chi connectivity index (χ2v) is 5.69. The third kappa shape index (κ3) is 3.00. The zero-order chi connectivity index (χ0) is 14.8. The highest BCUT2D eigenvalue weighted by Gasteiger charge is 2.34. The average Bonchev–Trinajstić information content (AvgIpc) is 2.48. The molecule has 3 fully saturated rings. The summed E-state index contributed by atoms with van der Waals surface area (Å²) in [5.74, 6) is -0.510. The maximum Gasteiger partial charge on any atom is 0.337 e. The molecule has 112 valence electrons. The predicted octanol–water partition coefficient (Wildman–Crippen LogP) is 1.60. The summed E-state index contributed by atoms with van der Waals surface area (Å²) in [6, 6.07) is 6.24. The topological polar surface area (TPSA) is 81.7 Å². The van der Waals surface area contributed by atoms with Gasteiger partial charge in [-0.3, -0.25) is 0 Å². The summed E-state index contributed by atoms with van der Waals surface area (Å²) in [5, 5.41) is 14.7. The minimum absolute atomic E-state index is 0.0987. The molecule has 1 atom stereocenters. The Morgan fingerprint density at radius 1 is 1.19 bits per heavy atom. The summed E-state index contributed by atoms with van der Waals surface area (Å²) in [7, 11) is 0. The third-order valence-electron chi connectivity index (χ3n) is 4.38. The van der Waals surface area contributed by atoms with Gasteiger partial charge in [-0.25, -0.2) is 9.59 Å². The van der Waals surface area contributed by atoms with E-state index in [-0.39, 0.29) is 17.6 Å². The molecule has 0 aromatic heterocycles. The molecule has 6 heteroatoms. The SMILES string of the molecule is O=C(Nc1ccccc1C(=O)O)NC1CN2CCC1CC2. The maximum absolute atomic E-state index is 12.1. The molecule has 2 bridgehead atoms. The molecule has 0 radical (unpaired) electrons. The molecule has 2 amide bonds. The smallest absolute Gasteiger partial charge is 0.337 e. The van der Waals surface area contributed by atoms with E-state index in [1.54, 1.807) is 18.2 Å². The van der Waals surface area contributed by atoms with E-state index < -0.39 is 5.97 Å². The van der Waals surface area contributed by atoms with Crippen molar-refractivity contribution in [2.24, 2.45) is 5.92 Å². The van der Waals surface area contributed by atoms with Crippen molar-refractivity contribution in [3.63, 3.8) is 0 Å². The van der Waals surface area contributed by atoms with Crippen molar-refractivity contribution in [3.05, 3.63) is 29.8 Å². The van der Waals surface area contributed by atoms with Crippen LogP contribution >= 0.6 is 0 Å². The Bertz CT molecular complexity index is 553. The third-order valence-corrected chi connectivity index (χ3v) is 4.38. The number of nitrogens with zero attached hydrogens (tertiary/aromatic N) is 1. The number of para-hydroxylation sites is 1. The van der Waals surface area contributed by atoms with Crippen molar-refractivity contribution in [3.8, 4) is 0 Å². The number of amides is 2. The summed E-state index contributed by atoms with van der Waals surface area (Å²) in [6.07, 6.45) is 2.24. The van der Waals surface area contributed by atoms with Crippen LogP contribution in [-0.4, -0.2) is 47.7 Å². The van der Waals surface area contributed by atoms with Gasteiger partial charge in [-0.15, -0.1) is 0 Å². The molecule has 0 saturated carbocycles. The summed E-state index contributed by atoms with van der Waals surface area (Å²) in [4.78, 5) is 25.6. The number of piperidine rings is 3. The highest BCUT2D eigenvalue weighted by atomic mass is 16.4. The first-order chi connectivity index (χ1) is 10.1. The molecule has 0 aliphatic carbocycles. The van der Waals surface area contributed by atoms with Crippen LogP contribution in [0.5, 0.6) is 0 Å². The minimum atomic E-state index is -1.05. The van der Waals surface area contributed by atoms with Crippen molar-refractivity contribution in [2.75, 3.05) is 25.0 Å². The number of hydrogen-bond donors (Lipinski definition) is 3. The number of fused-ring (bicyclic) bond motifs is 3. The average molecular weight is 289 g/mol. The largest absolute Gasteiger partial charge is 0.478 e. The van der Waals surface area contributed by atoms with Crippen LogP contribution < -0.4 is 10.6 Å². The number of rotatable bonds is 3. The number of anilines is 1. The highest BCUT2D eigenvalue weighted by molar-refractivity contribution is 6.00. The number of benzene rings is 1. The number of hydrogen-bond acceptors (Lipinski definition) is 3. The van der Waals surface area contributed by atoms with Crippen molar-refractivity contribution < 1.29 is 14.7 Å². The van der Waals surface area contributed by atoms with Gasteiger partial charge in [0.15, 0.2) is 0 Å². The molecule has 1 unspecified atom stereocenters. The normalized spacial score (nSPS) is 27.1. The molecular weight excluding hydrogens is 270 g/mol. The lowest BCUT2D eigenvalue weighted by Crippen LogP contribution is -2.57. The lowest BCUT2D eigenvalue weighted by Gasteiger charge is -2.44. The molecule has 3 N–H and O–H groups in total. The maximum atomic E-state index is 12.1. The lowest BCUT2D eigenvalue weighted by atomic mass is 9.84. The molecule has 1 aromatic rings. The quantitative estimate of drug-likeness (QED) is 0.789. The van der Waals surface area contributed by atoms with E-state index in [0.29, 0.717) is 11.6 Å². The van der Waals surface area contributed by atoms with Crippen LogP contribution in [0.3, 0.4) is 0 Å². The first kappa shape index (κ1) is 13.9. The number of carboxylic acids is 1. The molecular formula is C15H19N3O3. The van der Waals surface area contributed by atoms with Gasteiger partial charge in [0.1, 0.15) is 0 Å². The Morgan fingerprint density at radius 3 is 2.52 bits per heavy atom. The van der Waals surface area contributed by atoms with Crippen molar-refractivity contribution in [1.82, 2.24) is 10.2 Å². The fraction of sp³-hybridized carbons (Fsp3) is 0.467. The summed E-state index contributed by atoms with van der Waals surface area (Å²) in [5.41, 5.74) is 0.422. The fourth-order valence-corrected chi connectivity index (χ4v) is 3.23. The number of urea groups is 1. The van der Waals surface area contributed by atoms with E-state index in [9.17, 15) is 9.59 Å². The molecule has 3 aliphatic heterocycles. The number of nitrogens with one attached hydrogen (secondary N) is 2. The van der Waals surface area contributed by atoms with Gasteiger partial charge in [0, 0.05) is 12.6 Å². The Kier molecular flexibility index (Phi) is 3.79. The van der Waals surface area contributed by atoms with Crippen LogP contribution in [0.2, 0.25) is 0 Å². The minimum Gasteiger partial charge on any atom is -0.478 e. The van der Waals surface area contributed by atoms with E-state index in [2.05, 4.69) is 15.5 Å². The molecule has 3 aliphatic rings. The second-order valence-electron chi connectivity index (χ2n) is 5.69. The summed E-state index contributed by atoms with van der Waals surface area (Å²) >= 11 is 0. The standard InChI is InChI=1S/C15H19N3O3/c19-14(20)11-3-1-2-4-12(11)16-15(21)17-13-9-18-7-5-10(13)6-8-18/h1-4,10,13H,5-9H2,(H,19,20)(H2,16,17,21). The molecule has 21 heavy (non-hydrogen) atoms. The van der Waals surface area contributed by atoms with Crippen LogP contribution in [0, 0.1) is 5.92 Å².